The first-order chi connectivity index (χ1) is 6.19. The lowest BCUT2D eigenvalue weighted by molar-refractivity contribution is -0.761. The van der Waals surface area contributed by atoms with Crippen LogP contribution in [0.5, 0.6) is 0 Å². The Balaban J connectivity index is 0.000000292. The summed E-state index contributed by atoms with van der Waals surface area (Å²) in [5.74, 6) is 1.18. The average molecular weight is 212 g/mol. The number of nitrogens with zero attached hydrogens (tertiary/aromatic N) is 2. The molecule has 0 fully saturated rings. The lowest BCUT2D eigenvalue weighted by Crippen LogP contribution is -2.40. The van der Waals surface area contributed by atoms with Gasteiger partial charge in [-0.2, -0.15) is 0 Å². The number of rotatable bonds is 1. The maximum absolute atomic E-state index is 9.75. The van der Waals surface area contributed by atoms with Crippen LogP contribution in [0.3, 0.4) is 0 Å². The second kappa shape index (κ2) is 4.59. The van der Waals surface area contributed by atoms with E-state index in [1.54, 1.807) is 0 Å². The SMILES string of the molecule is CC[N+]1(C)C=CN=C1C.F[B-](F)(F)F. The van der Waals surface area contributed by atoms with Crippen molar-refractivity contribution in [3.8, 4) is 0 Å². The third-order valence-electron chi connectivity index (χ3n) is 2.05. The molecule has 1 atom stereocenters. The van der Waals surface area contributed by atoms with E-state index in [-0.39, 0.29) is 0 Å². The number of amidine groups is 1. The van der Waals surface area contributed by atoms with Crippen LogP contribution in [-0.4, -0.2) is 31.2 Å². The highest BCUT2D eigenvalue weighted by atomic mass is 19.5. The number of quaternary nitrogens is 1. The summed E-state index contributed by atoms with van der Waals surface area (Å²) in [6, 6.07) is 0. The zero-order valence-corrected chi connectivity index (χ0v) is 8.35. The lowest BCUT2D eigenvalue weighted by atomic mass is 10.3. The van der Waals surface area contributed by atoms with Gasteiger partial charge in [-0.05, 0) is 6.92 Å². The number of halogens is 4. The van der Waals surface area contributed by atoms with Gasteiger partial charge in [-0.25, -0.2) is 4.99 Å². The van der Waals surface area contributed by atoms with Crippen molar-refractivity contribution in [3.63, 3.8) is 0 Å². The van der Waals surface area contributed by atoms with Gasteiger partial charge in [0.05, 0.1) is 19.8 Å². The van der Waals surface area contributed by atoms with Crippen LogP contribution < -0.4 is 0 Å². The minimum atomic E-state index is -6.00. The van der Waals surface area contributed by atoms with Crippen molar-refractivity contribution in [2.45, 2.75) is 13.8 Å². The Morgan fingerprint density at radius 2 is 1.79 bits per heavy atom. The van der Waals surface area contributed by atoms with Gasteiger partial charge in [0.25, 0.3) is 0 Å². The molecule has 0 aromatic rings. The number of hydrogen-bond donors (Lipinski definition) is 0. The predicted molar refractivity (Wildman–Crippen MR) is 49.2 cm³/mol. The van der Waals surface area contributed by atoms with E-state index in [2.05, 4.69) is 32.1 Å². The molecule has 0 bridgehead atoms. The highest BCUT2D eigenvalue weighted by Gasteiger charge is 2.23. The molecule has 82 valence electrons. The molecule has 0 amide bonds. The van der Waals surface area contributed by atoms with E-state index in [1.165, 1.54) is 5.84 Å². The Morgan fingerprint density at radius 3 is 1.93 bits per heavy atom. The summed E-state index contributed by atoms with van der Waals surface area (Å²) in [7, 11) is -3.84. The zero-order chi connectivity index (χ0) is 11.4. The van der Waals surface area contributed by atoms with E-state index in [0.29, 0.717) is 0 Å². The Morgan fingerprint density at radius 1 is 1.36 bits per heavy atom. The maximum Gasteiger partial charge on any atom is 0.673 e. The van der Waals surface area contributed by atoms with Gasteiger partial charge in [0.2, 0.25) is 5.84 Å². The molecule has 0 N–H and O–H groups in total. The van der Waals surface area contributed by atoms with Gasteiger partial charge in [0.15, 0.2) is 0 Å². The van der Waals surface area contributed by atoms with Gasteiger partial charge in [-0.15, -0.1) is 0 Å². The minimum Gasteiger partial charge on any atom is -0.418 e. The van der Waals surface area contributed by atoms with E-state index in [1.807, 2.05) is 6.20 Å². The van der Waals surface area contributed by atoms with Gasteiger partial charge in [0, 0.05) is 6.92 Å². The highest BCUT2D eigenvalue weighted by Crippen LogP contribution is 2.11. The maximum atomic E-state index is 9.75. The van der Waals surface area contributed by atoms with E-state index < -0.39 is 7.25 Å². The van der Waals surface area contributed by atoms with Crippen LogP contribution in [0.1, 0.15) is 13.8 Å². The summed E-state index contributed by atoms with van der Waals surface area (Å²) >= 11 is 0. The van der Waals surface area contributed by atoms with Gasteiger partial charge in [-0.1, -0.05) is 0 Å². The summed E-state index contributed by atoms with van der Waals surface area (Å²) in [5, 5.41) is 0. The Hall–Kier alpha value is -0.845. The molecule has 1 unspecified atom stereocenters. The lowest BCUT2D eigenvalue weighted by Gasteiger charge is -2.23. The number of aliphatic imine (C=N–C) groups is 1. The van der Waals surface area contributed by atoms with Crippen LogP contribution in [0.2, 0.25) is 0 Å². The molecule has 0 saturated heterocycles. The quantitative estimate of drug-likeness (QED) is 0.360. The van der Waals surface area contributed by atoms with Gasteiger partial charge < -0.3 is 17.3 Å². The Bertz CT molecular complexity index is 243. The highest BCUT2D eigenvalue weighted by molar-refractivity contribution is 6.50. The van der Waals surface area contributed by atoms with Crippen molar-refractivity contribution in [1.82, 2.24) is 0 Å². The van der Waals surface area contributed by atoms with Crippen LogP contribution in [0.25, 0.3) is 0 Å². The van der Waals surface area contributed by atoms with Crippen LogP contribution in [-0.2, 0) is 0 Å². The molecule has 0 aromatic heterocycles. The van der Waals surface area contributed by atoms with Crippen LogP contribution in [0, 0.1) is 0 Å². The second-order valence-corrected chi connectivity index (χ2v) is 3.05. The summed E-state index contributed by atoms with van der Waals surface area (Å²) in [4.78, 5) is 4.17. The normalized spacial score (nSPS) is 25.5. The molecule has 0 radical (unpaired) electrons. The summed E-state index contributed by atoms with van der Waals surface area (Å²) in [6.45, 7) is 5.31. The Kier molecular flexibility index (Phi) is 4.31. The van der Waals surface area contributed by atoms with Crippen LogP contribution in [0.4, 0.5) is 17.3 Å². The molecule has 1 heterocycles. The standard InChI is InChI=1S/C7H13N2.BF4/c1-4-9(3)6-5-8-7(9)2;2-1(3,4)5/h5-6H,4H2,1-3H3;/q+1;-1. The fourth-order valence-corrected chi connectivity index (χ4v) is 0.862. The molecule has 1 aliphatic heterocycles. The molecule has 0 saturated carbocycles. The monoisotopic (exact) mass is 212 g/mol. The largest absolute Gasteiger partial charge is 0.673 e. The number of hydrogen-bond acceptors (Lipinski definition) is 1. The summed E-state index contributed by atoms with van der Waals surface area (Å²) in [5.41, 5.74) is 0. The fourth-order valence-electron chi connectivity index (χ4n) is 0.862. The van der Waals surface area contributed by atoms with E-state index in [0.717, 1.165) is 11.0 Å². The topological polar surface area (TPSA) is 12.4 Å². The van der Waals surface area contributed by atoms with Crippen molar-refractivity contribution in [2.75, 3.05) is 13.6 Å². The molecule has 7 heteroatoms. The van der Waals surface area contributed by atoms with Gasteiger partial charge >= 0.3 is 7.25 Å². The van der Waals surface area contributed by atoms with Crippen LogP contribution >= 0.6 is 0 Å². The van der Waals surface area contributed by atoms with E-state index in [9.17, 15) is 17.3 Å². The van der Waals surface area contributed by atoms with Crippen molar-refractivity contribution < 1.29 is 21.7 Å². The summed E-state index contributed by atoms with van der Waals surface area (Å²) in [6.07, 6.45) is 3.98. The van der Waals surface area contributed by atoms with E-state index in [4.69, 9.17) is 0 Å². The third kappa shape index (κ3) is 5.01. The van der Waals surface area contributed by atoms with Crippen LogP contribution in [0.15, 0.2) is 17.4 Å². The molecule has 2 nitrogen and oxygen atoms in total. The first-order valence-corrected chi connectivity index (χ1v) is 4.14. The smallest absolute Gasteiger partial charge is 0.418 e. The first-order valence-electron chi connectivity index (χ1n) is 4.14. The molecule has 0 aliphatic carbocycles. The van der Waals surface area contributed by atoms with E-state index >= 15 is 0 Å². The minimum absolute atomic E-state index is 0.875. The molecular weight excluding hydrogens is 199 g/mol. The molecule has 1 rings (SSSR count). The summed E-state index contributed by atoms with van der Waals surface area (Å²) < 4.78 is 39.9. The average Bonchev–Trinajstić information content (AvgIpc) is 2.30. The molecule has 0 spiro atoms. The van der Waals surface area contributed by atoms with Crippen molar-refractivity contribution in [2.24, 2.45) is 4.99 Å². The van der Waals surface area contributed by atoms with Crippen molar-refractivity contribution in [3.05, 3.63) is 12.4 Å². The second-order valence-electron chi connectivity index (χ2n) is 3.05. The fraction of sp³-hybridized carbons (Fsp3) is 0.571. The third-order valence-corrected chi connectivity index (χ3v) is 2.05. The molecular formula is C7H13BF4N2. The Labute approximate surface area is 80.6 Å². The molecule has 14 heavy (non-hydrogen) atoms. The molecule has 1 aliphatic rings. The predicted octanol–water partition coefficient (Wildman–Crippen LogP) is 2.66. The van der Waals surface area contributed by atoms with Crippen molar-refractivity contribution >= 4 is 13.1 Å². The van der Waals surface area contributed by atoms with Crippen molar-refractivity contribution in [1.29, 1.82) is 0 Å². The molecule has 0 aromatic carbocycles. The zero-order valence-electron chi connectivity index (χ0n) is 8.35. The van der Waals surface area contributed by atoms with Gasteiger partial charge in [-0.3, -0.25) is 4.48 Å². The first kappa shape index (κ1) is 13.2. The van der Waals surface area contributed by atoms with Gasteiger partial charge in [0.1, 0.15) is 6.20 Å².